The second-order valence-corrected chi connectivity index (χ2v) is 3.85. The highest BCUT2D eigenvalue weighted by molar-refractivity contribution is 5.35. The summed E-state index contributed by atoms with van der Waals surface area (Å²) in [6, 6.07) is 0. The Balaban J connectivity index is 2.37. The first-order valence-electron chi connectivity index (χ1n) is 4.75. The summed E-state index contributed by atoms with van der Waals surface area (Å²) >= 11 is 0. The van der Waals surface area contributed by atoms with Crippen molar-refractivity contribution in [2.24, 2.45) is 5.92 Å². The van der Waals surface area contributed by atoms with Gasteiger partial charge in [-0.15, -0.1) is 0 Å². The van der Waals surface area contributed by atoms with Crippen molar-refractivity contribution in [2.45, 2.75) is 25.2 Å². The van der Waals surface area contributed by atoms with Crippen molar-refractivity contribution in [1.29, 1.82) is 0 Å². The van der Waals surface area contributed by atoms with Crippen molar-refractivity contribution in [2.75, 3.05) is 6.67 Å². The topological polar surface area (TPSA) is 28.7 Å². The van der Waals surface area contributed by atoms with Crippen LogP contribution in [-0.2, 0) is 12.9 Å². The third-order valence-electron chi connectivity index (χ3n) is 2.78. The van der Waals surface area contributed by atoms with Crippen LogP contribution in [0.25, 0.3) is 0 Å². The first-order valence-corrected chi connectivity index (χ1v) is 4.75. The van der Waals surface area contributed by atoms with Crippen LogP contribution in [0, 0.1) is 5.92 Å². The number of hydrogen-bond acceptors (Lipinski definition) is 1. The van der Waals surface area contributed by atoms with Gasteiger partial charge in [0.1, 0.15) is 6.67 Å². The molecule has 1 fully saturated rings. The molecule has 1 unspecified atom stereocenters. The standard InChI is InChI=1S/C9H9F5N2/c10-2-4-1-5(4)7-6(3-11)15-16-8(7)9(12,13)14/h4-5H,1-3H2,(H,15,16)/t4-,5?/m0/s1. The number of nitrogens with zero attached hydrogens (tertiary/aromatic N) is 1. The summed E-state index contributed by atoms with van der Waals surface area (Å²) in [6.07, 6.45) is -4.30. The van der Waals surface area contributed by atoms with E-state index in [1.807, 2.05) is 5.10 Å². The van der Waals surface area contributed by atoms with Crippen molar-refractivity contribution < 1.29 is 22.0 Å². The van der Waals surface area contributed by atoms with Crippen LogP contribution < -0.4 is 0 Å². The molecule has 1 saturated carbocycles. The molecular weight excluding hydrogens is 231 g/mol. The molecule has 0 amide bonds. The van der Waals surface area contributed by atoms with Gasteiger partial charge in [-0.2, -0.15) is 18.3 Å². The monoisotopic (exact) mass is 240 g/mol. The molecule has 16 heavy (non-hydrogen) atoms. The van der Waals surface area contributed by atoms with Crippen LogP contribution in [0.3, 0.4) is 0 Å². The molecule has 0 aromatic carbocycles. The van der Waals surface area contributed by atoms with Gasteiger partial charge in [-0.25, -0.2) is 4.39 Å². The lowest BCUT2D eigenvalue weighted by Crippen LogP contribution is -2.09. The number of hydrogen-bond donors (Lipinski definition) is 1. The summed E-state index contributed by atoms with van der Waals surface area (Å²) in [7, 11) is 0. The van der Waals surface area contributed by atoms with Gasteiger partial charge in [0, 0.05) is 5.56 Å². The Morgan fingerprint density at radius 2 is 2.00 bits per heavy atom. The smallest absolute Gasteiger partial charge is 0.279 e. The Morgan fingerprint density at radius 1 is 1.31 bits per heavy atom. The Kier molecular flexibility index (Phi) is 2.63. The van der Waals surface area contributed by atoms with Gasteiger partial charge >= 0.3 is 6.18 Å². The second kappa shape index (κ2) is 3.71. The molecule has 7 heteroatoms. The minimum Gasteiger partial charge on any atom is -0.279 e. The molecule has 90 valence electrons. The van der Waals surface area contributed by atoms with Crippen LogP contribution in [0.4, 0.5) is 22.0 Å². The molecule has 1 N–H and O–H groups in total. The van der Waals surface area contributed by atoms with Crippen LogP contribution in [0.2, 0.25) is 0 Å². The predicted octanol–water partition coefficient (Wildman–Crippen LogP) is 2.97. The third-order valence-corrected chi connectivity index (χ3v) is 2.78. The molecule has 1 aliphatic rings. The largest absolute Gasteiger partial charge is 0.435 e. The molecule has 2 atom stereocenters. The summed E-state index contributed by atoms with van der Waals surface area (Å²) < 4.78 is 62.3. The van der Waals surface area contributed by atoms with Crippen LogP contribution in [-0.4, -0.2) is 16.9 Å². The number of aromatic amines is 1. The van der Waals surface area contributed by atoms with Gasteiger partial charge in [0.25, 0.3) is 0 Å². The Morgan fingerprint density at radius 3 is 2.44 bits per heavy atom. The van der Waals surface area contributed by atoms with Crippen molar-refractivity contribution >= 4 is 0 Å². The van der Waals surface area contributed by atoms with Crippen LogP contribution in [0.15, 0.2) is 0 Å². The van der Waals surface area contributed by atoms with Gasteiger partial charge in [0.2, 0.25) is 0 Å². The number of aromatic nitrogens is 2. The lowest BCUT2D eigenvalue weighted by molar-refractivity contribution is -0.141. The van der Waals surface area contributed by atoms with Gasteiger partial charge < -0.3 is 0 Å². The van der Waals surface area contributed by atoms with Crippen LogP contribution in [0.5, 0.6) is 0 Å². The molecule has 0 bridgehead atoms. The van der Waals surface area contributed by atoms with E-state index in [4.69, 9.17) is 0 Å². The number of rotatable bonds is 3. The summed E-state index contributed by atoms with van der Waals surface area (Å²) in [5.41, 5.74) is -1.49. The van der Waals surface area contributed by atoms with E-state index in [-0.39, 0.29) is 11.3 Å². The number of alkyl halides is 5. The maximum absolute atomic E-state index is 12.5. The lowest BCUT2D eigenvalue weighted by atomic mass is 10.1. The molecule has 2 rings (SSSR count). The van der Waals surface area contributed by atoms with E-state index in [0.717, 1.165) is 0 Å². The molecule has 2 nitrogen and oxygen atoms in total. The first kappa shape index (κ1) is 11.3. The zero-order valence-electron chi connectivity index (χ0n) is 8.11. The van der Waals surface area contributed by atoms with Gasteiger partial charge in [-0.1, -0.05) is 0 Å². The van der Waals surface area contributed by atoms with Crippen molar-refractivity contribution in [3.8, 4) is 0 Å². The number of halogens is 5. The summed E-state index contributed by atoms with van der Waals surface area (Å²) in [4.78, 5) is 0. The zero-order valence-corrected chi connectivity index (χ0v) is 8.11. The highest BCUT2D eigenvalue weighted by Crippen LogP contribution is 2.51. The quantitative estimate of drug-likeness (QED) is 0.808. The van der Waals surface area contributed by atoms with E-state index in [1.54, 1.807) is 0 Å². The zero-order chi connectivity index (χ0) is 11.9. The van der Waals surface area contributed by atoms with E-state index in [9.17, 15) is 22.0 Å². The molecule has 1 aromatic rings. The molecular formula is C9H9F5N2. The highest BCUT2D eigenvalue weighted by Gasteiger charge is 2.47. The van der Waals surface area contributed by atoms with Crippen molar-refractivity contribution in [3.05, 3.63) is 17.0 Å². The Hall–Kier alpha value is -1.14. The van der Waals surface area contributed by atoms with E-state index in [1.165, 1.54) is 0 Å². The van der Waals surface area contributed by atoms with Gasteiger partial charge in [0.05, 0.1) is 12.4 Å². The molecule has 1 aromatic heterocycles. The lowest BCUT2D eigenvalue weighted by Gasteiger charge is -2.06. The Labute approximate surface area is 87.8 Å². The molecule has 0 spiro atoms. The minimum absolute atomic E-state index is 0.187. The molecule has 0 aliphatic heterocycles. The minimum atomic E-state index is -4.62. The average Bonchev–Trinajstić information content (AvgIpc) is 2.86. The van der Waals surface area contributed by atoms with E-state index < -0.39 is 37.1 Å². The molecule has 1 heterocycles. The number of H-pyrrole nitrogens is 1. The van der Waals surface area contributed by atoms with Gasteiger partial charge in [-0.3, -0.25) is 9.49 Å². The SMILES string of the molecule is FCc1[nH]nc(C(F)(F)F)c1C1C[C@H]1CF. The maximum Gasteiger partial charge on any atom is 0.435 e. The predicted molar refractivity (Wildman–Crippen MR) is 45.2 cm³/mol. The molecule has 0 saturated heterocycles. The molecule has 0 radical (unpaired) electrons. The van der Waals surface area contributed by atoms with Crippen molar-refractivity contribution in [1.82, 2.24) is 10.2 Å². The maximum atomic E-state index is 12.5. The summed E-state index contributed by atoms with van der Waals surface area (Å²) in [5.74, 6) is -0.977. The normalized spacial score (nSPS) is 24.8. The fourth-order valence-corrected chi connectivity index (χ4v) is 1.88. The summed E-state index contributed by atoms with van der Waals surface area (Å²) in [5, 5.41) is 5.10. The first-order chi connectivity index (χ1) is 7.49. The summed E-state index contributed by atoms with van der Waals surface area (Å²) in [6.45, 7) is -1.73. The fourth-order valence-electron chi connectivity index (χ4n) is 1.88. The van der Waals surface area contributed by atoms with Crippen LogP contribution in [0.1, 0.15) is 29.3 Å². The number of nitrogens with one attached hydrogen (secondary N) is 1. The van der Waals surface area contributed by atoms with Crippen LogP contribution >= 0.6 is 0 Å². The van der Waals surface area contributed by atoms with E-state index >= 15 is 0 Å². The molecule has 1 aliphatic carbocycles. The van der Waals surface area contributed by atoms with E-state index in [2.05, 4.69) is 5.10 Å². The van der Waals surface area contributed by atoms with Gasteiger partial charge in [-0.05, 0) is 18.3 Å². The van der Waals surface area contributed by atoms with Crippen molar-refractivity contribution in [3.63, 3.8) is 0 Å². The van der Waals surface area contributed by atoms with Gasteiger partial charge in [0.15, 0.2) is 5.69 Å². The fraction of sp³-hybridized carbons (Fsp3) is 0.667. The second-order valence-electron chi connectivity index (χ2n) is 3.85. The Bertz CT molecular complexity index is 384. The highest BCUT2D eigenvalue weighted by atomic mass is 19.4. The third kappa shape index (κ3) is 1.78. The average molecular weight is 240 g/mol. The van der Waals surface area contributed by atoms with E-state index in [0.29, 0.717) is 6.42 Å².